The number of carbonyl (C=O) groups excluding carboxylic acids is 1. The summed E-state index contributed by atoms with van der Waals surface area (Å²) in [6, 6.07) is 10.5. The Kier molecular flexibility index (Phi) is 6.61. The van der Waals surface area contributed by atoms with E-state index in [4.69, 9.17) is 0 Å². The number of benzene rings is 1. The number of thioether (sulfide) groups is 1. The minimum atomic E-state index is 0.0165. The van der Waals surface area contributed by atoms with E-state index < -0.39 is 0 Å². The van der Waals surface area contributed by atoms with E-state index in [9.17, 15) is 4.79 Å². The van der Waals surface area contributed by atoms with Crippen LogP contribution in [0.25, 0.3) is 0 Å². The van der Waals surface area contributed by atoms with Gasteiger partial charge < -0.3 is 14.8 Å². The van der Waals surface area contributed by atoms with Gasteiger partial charge in [-0.1, -0.05) is 42.1 Å². The molecule has 0 aliphatic carbocycles. The van der Waals surface area contributed by atoms with E-state index in [1.165, 1.54) is 22.2 Å². The van der Waals surface area contributed by atoms with Crippen LogP contribution in [0.2, 0.25) is 0 Å². The maximum absolute atomic E-state index is 12.1. The van der Waals surface area contributed by atoms with Crippen molar-refractivity contribution in [1.29, 1.82) is 0 Å². The fraction of sp³-hybridized carbons (Fsp3) is 0.438. The Morgan fingerprint density at radius 1 is 1.35 bits per heavy atom. The molecule has 0 fully saturated rings. The number of amides is 1. The van der Waals surface area contributed by atoms with Crippen LogP contribution in [-0.4, -0.2) is 47.1 Å². The number of quaternary nitrogens is 1. The molecule has 0 bridgehead atoms. The second kappa shape index (κ2) is 8.69. The first-order valence-electron chi connectivity index (χ1n) is 7.74. The third kappa shape index (κ3) is 5.07. The van der Waals surface area contributed by atoms with Crippen molar-refractivity contribution in [1.82, 2.24) is 20.1 Å². The number of aromatic nitrogens is 3. The van der Waals surface area contributed by atoms with Crippen molar-refractivity contribution in [3.05, 3.63) is 42.2 Å². The van der Waals surface area contributed by atoms with E-state index in [-0.39, 0.29) is 11.9 Å². The maximum Gasteiger partial charge on any atom is 0.230 e. The molecule has 2 N–H and O–H groups in total. The van der Waals surface area contributed by atoms with Gasteiger partial charge in [-0.15, -0.1) is 10.2 Å². The SMILES string of the molecule is CCn1cnnc1SCC(=O)NC[C@@H](c1ccccc1)[NH+](C)C. The third-order valence-corrected chi connectivity index (χ3v) is 4.64. The Morgan fingerprint density at radius 3 is 2.74 bits per heavy atom. The minimum absolute atomic E-state index is 0.0165. The molecule has 1 heterocycles. The molecule has 0 saturated carbocycles. The molecule has 0 spiro atoms. The molecule has 0 aliphatic heterocycles. The van der Waals surface area contributed by atoms with Gasteiger partial charge in [0.05, 0.1) is 26.4 Å². The zero-order chi connectivity index (χ0) is 16.7. The number of aryl methyl sites for hydroxylation is 1. The van der Waals surface area contributed by atoms with Gasteiger partial charge in [0.1, 0.15) is 12.4 Å². The van der Waals surface area contributed by atoms with Crippen molar-refractivity contribution in [3.8, 4) is 0 Å². The highest BCUT2D eigenvalue weighted by molar-refractivity contribution is 7.99. The zero-order valence-corrected chi connectivity index (χ0v) is 14.6. The van der Waals surface area contributed by atoms with E-state index in [1.807, 2.05) is 29.7 Å². The molecule has 0 aliphatic rings. The first-order chi connectivity index (χ1) is 11.1. The summed E-state index contributed by atoms with van der Waals surface area (Å²) in [4.78, 5) is 13.4. The van der Waals surface area contributed by atoms with Crippen LogP contribution in [-0.2, 0) is 11.3 Å². The highest BCUT2D eigenvalue weighted by Gasteiger charge is 2.18. The first kappa shape index (κ1) is 17.5. The van der Waals surface area contributed by atoms with Crippen molar-refractivity contribution in [2.24, 2.45) is 0 Å². The molecule has 124 valence electrons. The number of carbonyl (C=O) groups is 1. The summed E-state index contributed by atoms with van der Waals surface area (Å²) in [7, 11) is 4.20. The van der Waals surface area contributed by atoms with Crippen LogP contribution < -0.4 is 10.2 Å². The quantitative estimate of drug-likeness (QED) is 0.686. The molecule has 23 heavy (non-hydrogen) atoms. The van der Waals surface area contributed by atoms with Crippen molar-refractivity contribution in [2.45, 2.75) is 24.7 Å². The standard InChI is InChI=1S/C16H23N5OS/c1-4-21-12-18-19-16(21)23-11-15(22)17-10-14(20(2)3)13-8-6-5-7-9-13/h5-9,12,14H,4,10-11H2,1-3H3,(H,17,22)/p+1/t14-/m0/s1. The van der Waals surface area contributed by atoms with Crippen LogP contribution in [0.5, 0.6) is 0 Å². The van der Waals surface area contributed by atoms with Gasteiger partial charge in [0, 0.05) is 12.1 Å². The number of hydrogen-bond donors (Lipinski definition) is 2. The summed E-state index contributed by atoms with van der Waals surface area (Å²) in [5.41, 5.74) is 1.23. The normalized spacial score (nSPS) is 12.3. The molecule has 2 rings (SSSR count). The Bertz CT molecular complexity index is 614. The average Bonchev–Trinajstić information content (AvgIpc) is 3.01. The Hall–Kier alpha value is -1.86. The van der Waals surface area contributed by atoms with Gasteiger partial charge in [-0.3, -0.25) is 4.79 Å². The highest BCUT2D eigenvalue weighted by atomic mass is 32.2. The first-order valence-corrected chi connectivity index (χ1v) is 8.72. The maximum atomic E-state index is 12.1. The topological polar surface area (TPSA) is 64.2 Å². The summed E-state index contributed by atoms with van der Waals surface area (Å²) < 4.78 is 1.93. The largest absolute Gasteiger partial charge is 0.349 e. The van der Waals surface area contributed by atoms with Gasteiger partial charge in [-0.25, -0.2) is 0 Å². The lowest BCUT2D eigenvalue weighted by Crippen LogP contribution is -3.07. The number of nitrogens with zero attached hydrogens (tertiary/aromatic N) is 3. The number of rotatable bonds is 8. The zero-order valence-electron chi connectivity index (χ0n) is 13.8. The van der Waals surface area contributed by atoms with Crippen LogP contribution in [0.1, 0.15) is 18.5 Å². The molecule has 2 aromatic rings. The van der Waals surface area contributed by atoms with Gasteiger partial charge in [0.15, 0.2) is 5.16 Å². The summed E-state index contributed by atoms with van der Waals surface area (Å²) in [6.45, 7) is 3.45. The molecule has 6 nitrogen and oxygen atoms in total. The Labute approximate surface area is 141 Å². The Balaban J connectivity index is 1.85. The average molecular weight is 334 g/mol. The molecule has 1 aromatic heterocycles. The molecule has 0 unspecified atom stereocenters. The predicted octanol–water partition coefficient (Wildman–Crippen LogP) is 0.392. The van der Waals surface area contributed by atoms with Gasteiger partial charge in [-0.05, 0) is 6.92 Å². The molecular weight excluding hydrogens is 310 g/mol. The molecule has 1 atom stereocenters. The molecule has 0 radical (unpaired) electrons. The molecular formula is C16H24N5OS+. The van der Waals surface area contributed by atoms with Crippen LogP contribution in [0.4, 0.5) is 0 Å². The summed E-state index contributed by atoms with van der Waals surface area (Å²) in [5.74, 6) is 0.367. The van der Waals surface area contributed by atoms with Gasteiger partial charge >= 0.3 is 0 Å². The van der Waals surface area contributed by atoms with Gasteiger partial charge in [0.25, 0.3) is 0 Å². The fourth-order valence-corrected chi connectivity index (χ4v) is 3.12. The summed E-state index contributed by atoms with van der Waals surface area (Å²) >= 11 is 1.41. The smallest absolute Gasteiger partial charge is 0.230 e. The second-order valence-corrected chi connectivity index (χ2v) is 6.48. The van der Waals surface area contributed by atoms with Gasteiger partial charge in [-0.2, -0.15) is 0 Å². The molecule has 0 saturated heterocycles. The third-order valence-electron chi connectivity index (χ3n) is 3.66. The lowest BCUT2D eigenvalue weighted by atomic mass is 10.1. The number of nitrogens with one attached hydrogen (secondary N) is 2. The molecule has 7 heteroatoms. The van der Waals surface area contributed by atoms with Crippen molar-refractivity contribution in [2.75, 3.05) is 26.4 Å². The summed E-state index contributed by atoms with van der Waals surface area (Å²) in [5, 5.41) is 11.7. The second-order valence-electron chi connectivity index (χ2n) is 5.53. The van der Waals surface area contributed by atoms with Crippen LogP contribution in [0, 0.1) is 0 Å². The lowest BCUT2D eigenvalue weighted by Gasteiger charge is -2.22. The van der Waals surface area contributed by atoms with Crippen molar-refractivity contribution >= 4 is 17.7 Å². The lowest BCUT2D eigenvalue weighted by molar-refractivity contribution is -0.890. The minimum Gasteiger partial charge on any atom is -0.349 e. The van der Waals surface area contributed by atoms with E-state index in [0.29, 0.717) is 12.3 Å². The molecule has 1 aromatic carbocycles. The van der Waals surface area contributed by atoms with E-state index in [0.717, 1.165) is 11.7 Å². The van der Waals surface area contributed by atoms with Crippen LogP contribution in [0.15, 0.2) is 41.8 Å². The van der Waals surface area contributed by atoms with Crippen LogP contribution >= 0.6 is 11.8 Å². The van der Waals surface area contributed by atoms with E-state index in [2.05, 4.69) is 41.7 Å². The summed E-state index contributed by atoms with van der Waals surface area (Å²) in [6.07, 6.45) is 1.68. The monoisotopic (exact) mass is 334 g/mol. The van der Waals surface area contributed by atoms with Crippen molar-refractivity contribution < 1.29 is 9.69 Å². The number of hydrogen-bond acceptors (Lipinski definition) is 4. The molecule has 1 amide bonds. The highest BCUT2D eigenvalue weighted by Crippen LogP contribution is 2.14. The van der Waals surface area contributed by atoms with Gasteiger partial charge in [0.2, 0.25) is 5.91 Å². The van der Waals surface area contributed by atoms with Crippen molar-refractivity contribution in [3.63, 3.8) is 0 Å². The predicted molar refractivity (Wildman–Crippen MR) is 91.4 cm³/mol. The Morgan fingerprint density at radius 2 is 2.09 bits per heavy atom. The number of likely N-dealkylation sites (N-methyl/N-ethyl adjacent to an activating group) is 1. The van der Waals surface area contributed by atoms with E-state index in [1.54, 1.807) is 6.33 Å². The van der Waals surface area contributed by atoms with E-state index >= 15 is 0 Å². The van der Waals surface area contributed by atoms with Crippen LogP contribution in [0.3, 0.4) is 0 Å². The fourth-order valence-electron chi connectivity index (χ4n) is 2.31.